The highest BCUT2D eigenvalue weighted by Gasteiger charge is 2.48. The van der Waals surface area contributed by atoms with Gasteiger partial charge in [-0.2, -0.15) is 0 Å². The van der Waals surface area contributed by atoms with Crippen LogP contribution in [0, 0.1) is 0 Å². The van der Waals surface area contributed by atoms with Crippen molar-refractivity contribution in [2.75, 3.05) is 12.3 Å². The lowest BCUT2D eigenvalue weighted by atomic mass is 10.4. The largest absolute Gasteiger partial charge is 0.152 e. The van der Waals surface area contributed by atoms with Crippen molar-refractivity contribution in [3.63, 3.8) is 0 Å². The Morgan fingerprint density at radius 3 is 0.767 bits per heavy atom. The highest BCUT2D eigenvalue weighted by atomic mass is 79.9. The van der Waals surface area contributed by atoms with Gasteiger partial charge in [0.15, 0.2) is 42.9 Å². The molecule has 4 heteroatoms. The Morgan fingerprint density at radius 2 is 0.567 bits per heavy atom. The van der Waals surface area contributed by atoms with E-state index in [1.807, 2.05) is 0 Å². The molecule has 4 rings (SSSR count). The Balaban J connectivity index is 1.76. The van der Waals surface area contributed by atoms with Gasteiger partial charge in [-0.3, -0.25) is 0 Å². The van der Waals surface area contributed by atoms with Crippen molar-refractivity contribution >= 4 is 64.1 Å². The third kappa shape index (κ3) is 4.63. The summed E-state index contributed by atoms with van der Waals surface area (Å²) in [4.78, 5) is 0. The molecule has 0 amide bonds. The molecule has 0 fully saturated rings. The smallest absolute Gasteiger partial charge is 0.0620 e. The van der Waals surface area contributed by atoms with Gasteiger partial charge in [0.25, 0.3) is 0 Å². The molecule has 0 aliphatic rings. The van der Waals surface area contributed by atoms with Gasteiger partial charge in [0.1, 0.15) is 33.5 Å². The van der Waals surface area contributed by atoms with Crippen LogP contribution in [0.15, 0.2) is 121 Å². The molecule has 0 saturated heterocycles. The molecule has 0 radical (unpaired) electrons. The molecule has 0 unspecified atom stereocenters. The molecule has 30 heavy (non-hydrogen) atoms. The highest BCUT2D eigenvalue weighted by Crippen LogP contribution is 2.70. The van der Waals surface area contributed by atoms with Crippen LogP contribution in [-0.2, 0) is 0 Å². The maximum absolute atomic E-state index is 4.31. The van der Waals surface area contributed by atoms with Crippen molar-refractivity contribution in [2.24, 2.45) is 0 Å². The van der Waals surface area contributed by atoms with Crippen molar-refractivity contribution in [1.82, 2.24) is 0 Å². The van der Waals surface area contributed by atoms with Gasteiger partial charge in [-0.1, -0.05) is 72.8 Å². The van der Waals surface area contributed by atoms with E-state index < -0.39 is 11.9 Å². The number of hydrogen-bond acceptors (Lipinski definition) is 0. The Hall–Kier alpha value is -1.30. The zero-order valence-electron chi connectivity index (χ0n) is 16.6. The standard InChI is InChI=1S/C26H24Br2P2/c27-29(23-13-5-1-6-14-23,24-15-7-2-8-16-24)21-22-30(28,25-17-9-3-10-18-25)26-19-11-4-12-20-26/h1-20H,21-22H2/q+2. The molecule has 0 spiro atoms. The fraction of sp³-hybridized carbons (Fsp3) is 0.0769. The summed E-state index contributed by atoms with van der Waals surface area (Å²) in [5, 5.41) is 5.60. The van der Waals surface area contributed by atoms with Crippen molar-refractivity contribution in [3.8, 4) is 0 Å². The first kappa shape index (κ1) is 21.9. The Morgan fingerprint density at radius 1 is 0.367 bits per heavy atom. The van der Waals surface area contributed by atoms with Gasteiger partial charge in [-0.25, -0.2) is 0 Å². The van der Waals surface area contributed by atoms with Gasteiger partial charge < -0.3 is 0 Å². The Kier molecular flexibility index (Phi) is 7.22. The molecular weight excluding hydrogens is 534 g/mol. The minimum Gasteiger partial charge on any atom is -0.0620 e. The lowest BCUT2D eigenvalue weighted by Gasteiger charge is -2.24. The molecule has 0 aliphatic heterocycles. The van der Waals surface area contributed by atoms with Gasteiger partial charge in [0.05, 0.1) is 0 Å². The number of halogens is 2. The van der Waals surface area contributed by atoms with E-state index in [-0.39, 0.29) is 0 Å². The van der Waals surface area contributed by atoms with Crippen LogP contribution >= 0.6 is 42.9 Å². The zero-order valence-corrected chi connectivity index (χ0v) is 21.6. The summed E-state index contributed by atoms with van der Waals surface area (Å²) in [7, 11) is 0. The second-order valence-corrected chi connectivity index (χ2v) is 20.3. The molecule has 0 heterocycles. The van der Waals surface area contributed by atoms with E-state index in [0.29, 0.717) is 0 Å². The maximum atomic E-state index is 4.31. The molecule has 0 aromatic heterocycles. The van der Waals surface area contributed by atoms with Crippen LogP contribution in [0.1, 0.15) is 0 Å². The molecule has 0 atom stereocenters. The summed E-state index contributed by atoms with van der Waals surface area (Å²) in [6.45, 7) is 0. The van der Waals surface area contributed by atoms with Crippen LogP contribution < -0.4 is 21.2 Å². The lowest BCUT2D eigenvalue weighted by Crippen LogP contribution is -2.26. The first-order valence-electron chi connectivity index (χ1n) is 10.0. The van der Waals surface area contributed by atoms with Crippen molar-refractivity contribution < 1.29 is 0 Å². The van der Waals surface area contributed by atoms with Gasteiger partial charge in [-0.15, -0.1) is 0 Å². The molecule has 0 nitrogen and oxygen atoms in total. The van der Waals surface area contributed by atoms with Crippen LogP contribution in [-0.4, -0.2) is 12.3 Å². The molecule has 150 valence electrons. The molecule has 0 saturated carbocycles. The van der Waals surface area contributed by atoms with Gasteiger partial charge in [-0.05, 0) is 48.5 Å². The van der Waals surface area contributed by atoms with E-state index in [1.54, 1.807) is 0 Å². The Labute approximate surface area is 196 Å². The van der Waals surface area contributed by atoms with Crippen LogP contribution in [0.3, 0.4) is 0 Å². The molecule has 4 aromatic rings. The van der Waals surface area contributed by atoms with Gasteiger partial charge in [0, 0.05) is 0 Å². The summed E-state index contributed by atoms with van der Waals surface area (Å²) in [6.07, 6.45) is 2.17. The summed E-state index contributed by atoms with van der Waals surface area (Å²) in [6, 6.07) is 43.8. The average Bonchev–Trinajstić information content (AvgIpc) is 2.84. The number of benzene rings is 4. The van der Waals surface area contributed by atoms with E-state index in [2.05, 4.69) is 152 Å². The minimum atomic E-state index is -1.70. The van der Waals surface area contributed by atoms with Crippen LogP contribution in [0.25, 0.3) is 0 Å². The Bertz CT molecular complexity index is 887. The first-order valence-corrected chi connectivity index (χ1v) is 18.0. The molecular formula is C26H24Br2P2+2. The quantitative estimate of drug-likeness (QED) is 0.216. The van der Waals surface area contributed by atoms with E-state index in [0.717, 1.165) is 12.3 Å². The van der Waals surface area contributed by atoms with Gasteiger partial charge >= 0.3 is 0 Å². The second-order valence-electron chi connectivity index (χ2n) is 7.22. The number of rotatable bonds is 7. The van der Waals surface area contributed by atoms with Crippen LogP contribution in [0.5, 0.6) is 0 Å². The van der Waals surface area contributed by atoms with Crippen LogP contribution in [0.4, 0.5) is 0 Å². The maximum Gasteiger partial charge on any atom is 0.152 e. The SMILES string of the molecule is Br[P+](CC[P+](Br)(c1ccccc1)c1ccccc1)(c1ccccc1)c1ccccc1. The average molecular weight is 558 g/mol. The highest BCUT2D eigenvalue weighted by molar-refractivity contribution is 9.44. The zero-order chi connectivity index (χ0) is 20.9. The summed E-state index contributed by atoms with van der Waals surface area (Å²) >= 11 is 8.62. The normalized spacial score (nSPS) is 11.9. The first-order chi connectivity index (χ1) is 14.6. The minimum absolute atomic E-state index is 1.09. The molecule has 0 bridgehead atoms. The summed E-state index contributed by atoms with van der Waals surface area (Å²) < 4.78 is 0. The molecule has 4 aromatic carbocycles. The van der Waals surface area contributed by atoms with Crippen molar-refractivity contribution in [2.45, 2.75) is 0 Å². The van der Waals surface area contributed by atoms with Gasteiger partial charge in [0.2, 0.25) is 0 Å². The van der Waals surface area contributed by atoms with Crippen molar-refractivity contribution in [3.05, 3.63) is 121 Å². The summed E-state index contributed by atoms with van der Waals surface area (Å²) in [5.74, 6) is -3.40. The van der Waals surface area contributed by atoms with E-state index >= 15 is 0 Å². The third-order valence-corrected chi connectivity index (χ3v) is 18.9. The molecule has 0 aliphatic carbocycles. The fourth-order valence-corrected chi connectivity index (χ4v) is 15.9. The predicted molar refractivity (Wildman–Crippen MR) is 146 cm³/mol. The second kappa shape index (κ2) is 9.88. The fourth-order valence-electron chi connectivity index (χ4n) is 3.75. The third-order valence-electron chi connectivity index (χ3n) is 5.38. The lowest BCUT2D eigenvalue weighted by molar-refractivity contribution is 1.50. The van der Waals surface area contributed by atoms with Crippen LogP contribution in [0.2, 0.25) is 0 Å². The monoisotopic (exact) mass is 556 g/mol. The van der Waals surface area contributed by atoms with Crippen molar-refractivity contribution in [1.29, 1.82) is 0 Å². The summed E-state index contributed by atoms with van der Waals surface area (Å²) in [5.41, 5.74) is 0. The van der Waals surface area contributed by atoms with E-state index in [4.69, 9.17) is 0 Å². The number of hydrogen-bond donors (Lipinski definition) is 0. The molecule has 0 N–H and O–H groups in total. The predicted octanol–water partition coefficient (Wildman–Crippen LogP) is 6.94. The van der Waals surface area contributed by atoms with E-state index in [1.165, 1.54) is 21.2 Å². The van der Waals surface area contributed by atoms with E-state index in [9.17, 15) is 0 Å². The topological polar surface area (TPSA) is 0 Å².